The van der Waals surface area contributed by atoms with Crippen LogP contribution in [0.3, 0.4) is 0 Å². The van der Waals surface area contributed by atoms with Crippen molar-refractivity contribution in [1.29, 1.82) is 0 Å². The fourth-order valence-corrected chi connectivity index (χ4v) is 6.37. The van der Waals surface area contributed by atoms with Gasteiger partial charge in [0.2, 0.25) is 9.84 Å². The second-order valence-electron chi connectivity index (χ2n) is 10.9. The van der Waals surface area contributed by atoms with Gasteiger partial charge in [0.05, 0.1) is 21.0 Å². The molecular weight excluding hydrogens is 551 g/mol. The predicted molar refractivity (Wildman–Crippen MR) is 138 cm³/mol. The molecule has 0 spiro atoms. The largest absolute Gasteiger partial charge is 0.573 e. The summed E-state index contributed by atoms with van der Waals surface area (Å²) in [6.45, 7) is 7.85. The molecule has 2 saturated heterocycles. The summed E-state index contributed by atoms with van der Waals surface area (Å²) >= 11 is 0. The normalized spacial score (nSPS) is 20.0. The van der Waals surface area contributed by atoms with E-state index in [1.54, 1.807) is 38.0 Å². The summed E-state index contributed by atoms with van der Waals surface area (Å²) in [5, 5.41) is 2.21. The molecule has 0 radical (unpaired) electrons. The predicted octanol–water partition coefficient (Wildman–Crippen LogP) is 5.20. The molecule has 2 aliphatic rings. The summed E-state index contributed by atoms with van der Waals surface area (Å²) in [5.74, 6) is -0.119. The fraction of sp³-hybridized carbons (Fsp3) is 0.407. The van der Waals surface area contributed by atoms with E-state index in [9.17, 15) is 26.4 Å². The van der Waals surface area contributed by atoms with Crippen LogP contribution in [0.1, 0.15) is 20.8 Å². The lowest BCUT2D eigenvalue weighted by Crippen LogP contribution is -2.33. The third-order valence-corrected chi connectivity index (χ3v) is 8.43. The highest BCUT2D eigenvalue weighted by atomic mass is 32.2. The molecule has 2 fully saturated rings. The molecule has 2 unspecified atom stereocenters. The van der Waals surface area contributed by atoms with E-state index in [0.29, 0.717) is 37.1 Å². The Kier molecular flexibility index (Phi) is 7.07. The van der Waals surface area contributed by atoms with E-state index < -0.39 is 33.7 Å². The number of anilines is 1. The van der Waals surface area contributed by atoms with Crippen molar-refractivity contribution in [2.75, 3.05) is 31.1 Å². The minimum atomic E-state index is -4.94. The topological polar surface area (TPSA) is 98.3 Å². The van der Waals surface area contributed by atoms with E-state index in [2.05, 4.69) is 14.6 Å². The van der Waals surface area contributed by atoms with Crippen LogP contribution in [-0.2, 0) is 19.4 Å². The molecule has 13 heteroatoms. The van der Waals surface area contributed by atoms with Crippen molar-refractivity contribution in [2.24, 2.45) is 11.8 Å². The molecule has 2 atom stereocenters. The zero-order valence-corrected chi connectivity index (χ0v) is 22.8. The van der Waals surface area contributed by atoms with E-state index in [-0.39, 0.29) is 21.6 Å². The molecular formula is C27H28F3N3O6S. The number of nitrogens with zero attached hydrogens (tertiary/aromatic N) is 3. The maximum absolute atomic E-state index is 13.2. The third kappa shape index (κ3) is 6.09. The molecule has 0 amide bonds. The minimum absolute atomic E-state index is 0.144. The number of aromatic nitrogens is 1. The standard InChI is InChI=1S/C27H28F3N3O6S/c1-26(2,3)38-25(34)39-33-15-18-13-32(14-19(18)16-33)23-9-4-6-17-10-22(12-31-24(17)23)40(35,36)21-8-5-7-20(11-21)37-27(28,29)30/h4-12,18-19H,13-16H2,1-3H3. The number of hydrogen-bond donors (Lipinski definition) is 0. The van der Waals surface area contributed by atoms with Gasteiger partial charge in [-0.05, 0) is 62.9 Å². The molecule has 3 heterocycles. The Hall–Kier alpha value is -3.58. The molecule has 3 aromatic rings. The van der Waals surface area contributed by atoms with Crippen molar-refractivity contribution >= 4 is 32.6 Å². The monoisotopic (exact) mass is 579 g/mol. The number of sulfone groups is 1. The van der Waals surface area contributed by atoms with Crippen LogP contribution in [0.15, 0.2) is 64.5 Å². The first-order valence-corrected chi connectivity index (χ1v) is 14.1. The van der Waals surface area contributed by atoms with E-state index in [1.807, 2.05) is 6.07 Å². The average molecular weight is 580 g/mol. The van der Waals surface area contributed by atoms with Gasteiger partial charge in [-0.3, -0.25) is 4.98 Å². The zero-order chi connectivity index (χ0) is 28.9. The van der Waals surface area contributed by atoms with Crippen LogP contribution < -0.4 is 9.64 Å². The molecule has 40 heavy (non-hydrogen) atoms. The number of halogens is 3. The number of benzene rings is 2. The lowest BCUT2D eigenvalue weighted by Gasteiger charge is -2.24. The van der Waals surface area contributed by atoms with Crippen LogP contribution in [0.2, 0.25) is 0 Å². The number of fused-ring (bicyclic) bond motifs is 2. The van der Waals surface area contributed by atoms with Crippen LogP contribution in [0.4, 0.5) is 23.7 Å². The van der Waals surface area contributed by atoms with Crippen molar-refractivity contribution in [3.63, 3.8) is 0 Å². The Morgan fingerprint density at radius 1 is 0.950 bits per heavy atom. The number of alkyl halides is 3. The van der Waals surface area contributed by atoms with Gasteiger partial charge in [0.25, 0.3) is 0 Å². The molecule has 2 aliphatic heterocycles. The van der Waals surface area contributed by atoms with Gasteiger partial charge in [-0.15, -0.1) is 18.2 Å². The number of para-hydroxylation sites is 1. The van der Waals surface area contributed by atoms with Gasteiger partial charge >= 0.3 is 12.5 Å². The lowest BCUT2D eigenvalue weighted by atomic mass is 10.0. The second kappa shape index (κ2) is 10.1. The summed E-state index contributed by atoms with van der Waals surface area (Å²) in [6, 6.07) is 11.2. The maximum atomic E-state index is 13.2. The highest BCUT2D eigenvalue weighted by Crippen LogP contribution is 2.37. The van der Waals surface area contributed by atoms with Gasteiger partial charge in [-0.1, -0.05) is 18.2 Å². The summed E-state index contributed by atoms with van der Waals surface area (Å²) in [7, 11) is -4.16. The Labute approximate surface area is 229 Å². The van der Waals surface area contributed by atoms with Gasteiger partial charge in [-0.25, -0.2) is 13.2 Å². The van der Waals surface area contributed by atoms with Crippen LogP contribution in [0, 0.1) is 11.8 Å². The first-order chi connectivity index (χ1) is 18.7. The van der Waals surface area contributed by atoms with Gasteiger partial charge in [0.1, 0.15) is 11.4 Å². The number of ether oxygens (including phenoxy) is 2. The molecule has 0 aliphatic carbocycles. The quantitative estimate of drug-likeness (QED) is 0.378. The lowest BCUT2D eigenvalue weighted by molar-refractivity contribution is -0.274. The van der Waals surface area contributed by atoms with Gasteiger partial charge < -0.3 is 19.2 Å². The Balaban J connectivity index is 1.32. The Morgan fingerprint density at radius 3 is 2.27 bits per heavy atom. The molecule has 2 aromatic carbocycles. The molecule has 0 N–H and O–H groups in total. The number of carbonyl (C=O) groups excluding carboxylic acids is 1. The maximum Gasteiger partial charge on any atom is 0.573 e. The number of hydroxylamine groups is 2. The van der Waals surface area contributed by atoms with Gasteiger partial charge in [0, 0.05) is 37.8 Å². The zero-order valence-electron chi connectivity index (χ0n) is 22.0. The minimum Gasteiger partial charge on any atom is -0.427 e. The third-order valence-electron chi connectivity index (χ3n) is 6.71. The van der Waals surface area contributed by atoms with Crippen molar-refractivity contribution in [1.82, 2.24) is 10.0 Å². The smallest absolute Gasteiger partial charge is 0.427 e. The van der Waals surface area contributed by atoms with Gasteiger partial charge in [0.15, 0.2) is 0 Å². The van der Waals surface area contributed by atoms with Crippen molar-refractivity contribution in [3.8, 4) is 5.75 Å². The number of pyridine rings is 1. The van der Waals surface area contributed by atoms with E-state index >= 15 is 0 Å². The summed E-state index contributed by atoms with van der Waals surface area (Å²) in [6.07, 6.45) is -4.46. The Bertz CT molecular complexity index is 1530. The number of carbonyl (C=O) groups is 1. The van der Waals surface area contributed by atoms with Crippen molar-refractivity contribution in [2.45, 2.75) is 42.5 Å². The first-order valence-electron chi connectivity index (χ1n) is 12.6. The van der Waals surface area contributed by atoms with Crippen LogP contribution in [-0.4, -0.2) is 62.8 Å². The fourth-order valence-electron chi connectivity index (χ4n) is 5.10. The molecule has 214 valence electrons. The van der Waals surface area contributed by atoms with E-state index in [1.165, 1.54) is 24.4 Å². The summed E-state index contributed by atoms with van der Waals surface area (Å²) in [4.78, 5) is 23.6. The summed E-state index contributed by atoms with van der Waals surface area (Å²) in [5.41, 5.74) is 0.809. The van der Waals surface area contributed by atoms with E-state index in [0.717, 1.165) is 17.8 Å². The van der Waals surface area contributed by atoms with Crippen molar-refractivity contribution in [3.05, 3.63) is 54.7 Å². The second-order valence-corrected chi connectivity index (χ2v) is 12.8. The van der Waals surface area contributed by atoms with Crippen LogP contribution in [0.25, 0.3) is 10.9 Å². The van der Waals surface area contributed by atoms with Gasteiger partial charge in [-0.2, -0.15) is 0 Å². The van der Waals surface area contributed by atoms with Crippen LogP contribution >= 0.6 is 0 Å². The first kappa shape index (κ1) is 28.0. The molecule has 0 saturated carbocycles. The average Bonchev–Trinajstić information content (AvgIpc) is 3.39. The number of hydrogen-bond acceptors (Lipinski definition) is 9. The highest BCUT2D eigenvalue weighted by Gasteiger charge is 2.42. The van der Waals surface area contributed by atoms with Crippen molar-refractivity contribution < 1.29 is 40.7 Å². The molecule has 0 bridgehead atoms. The molecule has 5 rings (SSSR count). The number of rotatable bonds is 5. The SMILES string of the molecule is CC(C)(C)OC(=O)ON1CC2CN(c3cccc4cc(S(=O)(=O)c5cccc(OC(F)(F)F)c5)cnc34)CC2C1. The van der Waals surface area contributed by atoms with Crippen LogP contribution in [0.5, 0.6) is 5.75 Å². The molecule has 1 aromatic heterocycles. The summed E-state index contributed by atoms with van der Waals surface area (Å²) < 4.78 is 73.4. The highest BCUT2D eigenvalue weighted by molar-refractivity contribution is 7.91. The van der Waals surface area contributed by atoms with E-state index in [4.69, 9.17) is 9.57 Å². The Morgan fingerprint density at radius 2 is 1.62 bits per heavy atom. The molecule has 9 nitrogen and oxygen atoms in total.